The van der Waals surface area contributed by atoms with Crippen molar-refractivity contribution in [2.75, 3.05) is 0 Å². The molecule has 0 atom stereocenters. The molecule has 1 heterocycles. The molecule has 0 bridgehead atoms. The Morgan fingerprint density at radius 1 is 1.06 bits per heavy atom. The van der Waals surface area contributed by atoms with Gasteiger partial charge in [-0.1, -0.05) is 58.4 Å². The van der Waals surface area contributed by atoms with Crippen LogP contribution in [0.25, 0.3) is 0 Å². The van der Waals surface area contributed by atoms with E-state index in [-0.39, 0.29) is 5.88 Å². The number of nitrogens with zero attached hydrogens (tertiary/aromatic N) is 1. The Balaban J connectivity index is 0. The van der Waals surface area contributed by atoms with Crippen LogP contribution in [0.15, 0.2) is 24.4 Å². The molecule has 4 nitrogen and oxygen atoms in total. The van der Waals surface area contributed by atoms with E-state index in [2.05, 4.69) is 18.8 Å². The molecule has 0 aliphatic heterocycles. The number of hydrogen-bond donors (Lipinski definition) is 1. The topological polar surface area (TPSA) is 67.3 Å². The second kappa shape index (κ2) is 18.6. The molecule has 0 fully saturated rings. The summed E-state index contributed by atoms with van der Waals surface area (Å²) in [5.74, 6) is 0.0718. The van der Waals surface area contributed by atoms with Crippen LogP contribution in [0.3, 0.4) is 0 Å². The summed E-state index contributed by atoms with van der Waals surface area (Å²) in [5, 5.41) is 8.52. The van der Waals surface area contributed by atoms with E-state index in [1.54, 1.807) is 12.1 Å². The zero-order chi connectivity index (χ0) is 14.1. The first-order chi connectivity index (χ1) is 8.72. The molecule has 0 aromatic carbocycles. The summed E-state index contributed by atoms with van der Waals surface area (Å²) in [7, 11) is 0. The third kappa shape index (κ3) is 20.6. The van der Waals surface area contributed by atoms with E-state index in [1.165, 1.54) is 50.8 Å². The Kier molecular flexibility index (Phi) is 20.2. The molecule has 0 amide bonds. The predicted molar refractivity (Wildman–Crippen MR) is 66.3 cm³/mol. The average molecular weight is 425 g/mol. The summed E-state index contributed by atoms with van der Waals surface area (Å²) in [5.41, 5.74) is 0. The molecule has 0 saturated heterocycles. The van der Waals surface area contributed by atoms with Gasteiger partial charge in [-0.25, -0.2) is 4.98 Å². The molecule has 18 heavy (non-hydrogen) atoms. The minimum atomic E-state index is -2.25. The summed E-state index contributed by atoms with van der Waals surface area (Å²) in [6.07, 6.45) is 10.0. The van der Waals surface area contributed by atoms with Crippen molar-refractivity contribution in [2.24, 2.45) is 0 Å². The molecule has 1 N–H and O–H groups in total. The fourth-order valence-corrected chi connectivity index (χ4v) is 1.21. The van der Waals surface area contributed by atoms with Crippen molar-refractivity contribution in [3.05, 3.63) is 24.4 Å². The van der Waals surface area contributed by atoms with Crippen LogP contribution in [-0.2, 0) is 25.3 Å². The standard InChI is InChI=1S/C8H18.C5H5NO.2O.W/c1-3-5-7-8-6-4-2;7-5-3-1-2-4-6-5;;;/h3-8H2,1-2H3;1-4H,(H,6,7);;;. The molecular formula is C13H23NO3W. The van der Waals surface area contributed by atoms with Gasteiger partial charge in [0, 0.05) is 12.3 Å². The number of aromatic hydroxyl groups is 1. The van der Waals surface area contributed by atoms with E-state index in [4.69, 9.17) is 11.9 Å². The van der Waals surface area contributed by atoms with Crippen LogP contribution in [0.4, 0.5) is 0 Å². The van der Waals surface area contributed by atoms with E-state index >= 15 is 0 Å². The molecule has 0 unspecified atom stereocenters. The van der Waals surface area contributed by atoms with E-state index in [1.807, 2.05) is 0 Å². The van der Waals surface area contributed by atoms with E-state index in [0.29, 0.717) is 0 Å². The van der Waals surface area contributed by atoms with Crippen molar-refractivity contribution in [3.63, 3.8) is 0 Å². The maximum absolute atomic E-state index is 8.54. The van der Waals surface area contributed by atoms with Gasteiger partial charge in [-0.15, -0.1) is 0 Å². The third-order valence-corrected chi connectivity index (χ3v) is 2.11. The zero-order valence-corrected chi connectivity index (χ0v) is 14.1. The van der Waals surface area contributed by atoms with Crippen LogP contribution < -0.4 is 0 Å². The van der Waals surface area contributed by atoms with Crippen LogP contribution in [0, 0.1) is 0 Å². The maximum atomic E-state index is 8.54. The van der Waals surface area contributed by atoms with Gasteiger partial charge in [-0.2, -0.15) is 0 Å². The van der Waals surface area contributed by atoms with Gasteiger partial charge in [-0.05, 0) is 6.07 Å². The van der Waals surface area contributed by atoms with Crippen LogP contribution in [0.5, 0.6) is 5.88 Å². The molecular weight excluding hydrogens is 402 g/mol. The van der Waals surface area contributed by atoms with Gasteiger partial charge in [0.2, 0.25) is 5.88 Å². The Labute approximate surface area is 118 Å². The van der Waals surface area contributed by atoms with Crippen LogP contribution in [0.2, 0.25) is 0 Å². The third-order valence-electron chi connectivity index (χ3n) is 2.11. The van der Waals surface area contributed by atoms with Crippen molar-refractivity contribution >= 4 is 0 Å². The molecule has 1 aromatic heterocycles. The van der Waals surface area contributed by atoms with Crippen molar-refractivity contribution in [1.82, 2.24) is 4.98 Å². The first-order valence-corrected chi connectivity index (χ1v) is 8.64. The van der Waals surface area contributed by atoms with Gasteiger partial charge in [0.05, 0.1) is 0 Å². The normalized spacial score (nSPS) is 8.33. The van der Waals surface area contributed by atoms with Crippen molar-refractivity contribution < 1.29 is 30.4 Å². The van der Waals surface area contributed by atoms with Crippen molar-refractivity contribution in [3.8, 4) is 5.88 Å². The van der Waals surface area contributed by atoms with Gasteiger partial charge >= 0.3 is 25.3 Å². The summed E-state index contributed by atoms with van der Waals surface area (Å²) in [6.45, 7) is 4.51. The second-order valence-electron chi connectivity index (χ2n) is 3.67. The molecule has 5 heteroatoms. The van der Waals surface area contributed by atoms with Gasteiger partial charge < -0.3 is 5.11 Å². The quantitative estimate of drug-likeness (QED) is 0.727. The van der Waals surface area contributed by atoms with E-state index in [9.17, 15) is 0 Å². The molecule has 0 spiro atoms. The fraction of sp³-hybridized carbons (Fsp3) is 0.615. The molecule has 0 aliphatic rings. The van der Waals surface area contributed by atoms with Crippen LogP contribution >= 0.6 is 0 Å². The first kappa shape index (κ1) is 19.6. The van der Waals surface area contributed by atoms with Gasteiger partial charge in [0.1, 0.15) is 0 Å². The average Bonchev–Trinajstić information content (AvgIpc) is 2.37. The molecule has 1 rings (SSSR count). The van der Waals surface area contributed by atoms with E-state index in [0.717, 1.165) is 0 Å². The van der Waals surface area contributed by atoms with Crippen LogP contribution in [-0.4, -0.2) is 10.1 Å². The van der Waals surface area contributed by atoms with Gasteiger partial charge in [0.25, 0.3) is 0 Å². The first-order valence-electron chi connectivity index (χ1n) is 6.24. The summed E-state index contributed by atoms with van der Waals surface area (Å²) in [4.78, 5) is 3.53. The monoisotopic (exact) mass is 425 g/mol. The molecule has 0 radical (unpaired) electrons. The van der Waals surface area contributed by atoms with Crippen molar-refractivity contribution in [1.29, 1.82) is 0 Å². The summed E-state index contributed by atoms with van der Waals surface area (Å²) < 4.78 is 17.1. The zero-order valence-electron chi connectivity index (χ0n) is 11.2. The summed E-state index contributed by atoms with van der Waals surface area (Å²) in [6, 6.07) is 5.00. The number of rotatable bonds is 5. The van der Waals surface area contributed by atoms with Crippen molar-refractivity contribution in [2.45, 2.75) is 52.4 Å². The number of hydrogen-bond acceptors (Lipinski definition) is 4. The molecule has 0 saturated carbocycles. The summed E-state index contributed by atoms with van der Waals surface area (Å²) >= 11 is -2.25. The number of pyridine rings is 1. The molecule has 104 valence electrons. The van der Waals surface area contributed by atoms with Gasteiger partial charge in [-0.3, -0.25) is 0 Å². The Morgan fingerprint density at radius 2 is 1.56 bits per heavy atom. The fourth-order valence-electron chi connectivity index (χ4n) is 1.21. The predicted octanol–water partition coefficient (Wildman–Crippen LogP) is 3.91. The molecule has 0 aliphatic carbocycles. The number of unbranched alkanes of at least 4 members (excludes halogenated alkanes) is 5. The minimum absolute atomic E-state index is 0.0718. The Morgan fingerprint density at radius 3 is 1.78 bits per heavy atom. The Bertz CT molecular complexity index is 282. The van der Waals surface area contributed by atoms with Crippen LogP contribution in [0.1, 0.15) is 52.4 Å². The Hall–Kier alpha value is -0.762. The van der Waals surface area contributed by atoms with Gasteiger partial charge in [0.15, 0.2) is 0 Å². The SMILES string of the molecule is CCCCCCCC.Oc1ccccn1.[O]=[W]=[O]. The molecule has 1 aromatic rings. The number of aromatic nitrogens is 1. The van der Waals surface area contributed by atoms with E-state index < -0.39 is 18.5 Å². The second-order valence-corrected chi connectivity index (χ2v) is 4.16.